The molecule has 1 aliphatic rings. The molecule has 1 rings (SSSR count). The maximum absolute atomic E-state index is 9.30. The third kappa shape index (κ3) is 5.23. The van der Waals surface area contributed by atoms with E-state index in [1.165, 1.54) is 25.7 Å². The minimum Gasteiger partial charge on any atom is -0.395 e. The maximum Gasteiger partial charge on any atom is 0.0585 e. The Balaban J connectivity index is 2.25. The van der Waals surface area contributed by atoms with Crippen LogP contribution in [0.5, 0.6) is 0 Å². The lowest BCUT2D eigenvalue weighted by molar-refractivity contribution is 0.220. The van der Waals surface area contributed by atoms with Crippen LogP contribution in [0, 0.1) is 5.92 Å². The first-order valence-corrected chi connectivity index (χ1v) is 7.57. The zero-order chi connectivity index (χ0) is 11.1. The van der Waals surface area contributed by atoms with E-state index >= 15 is 0 Å². The van der Waals surface area contributed by atoms with Crippen LogP contribution in [0.4, 0.5) is 0 Å². The molecule has 0 saturated heterocycles. The maximum atomic E-state index is 9.30. The molecule has 3 heteroatoms. The monoisotopic (exact) mass is 231 g/mol. The zero-order valence-electron chi connectivity index (χ0n) is 10.0. The highest BCUT2D eigenvalue weighted by Crippen LogP contribution is 2.34. The Kier molecular flexibility index (Phi) is 6.69. The van der Waals surface area contributed by atoms with Crippen molar-refractivity contribution in [1.29, 1.82) is 0 Å². The van der Waals surface area contributed by atoms with Crippen molar-refractivity contribution in [1.82, 2.24) is 5.32 Å². The summed E-state index contributed by atoms with van der Waals surface area (Å²) in [4.78, 5) is 0. The summed E-state index contributed by atoms with van der Waals surface area (Å²) in [6, 6.07) is 0.976. The molecule has 0 bridgehead atoms. The van der Waals surface area contributed by atoms with Gasteiger partial charge in [0.05, 0.1) is 6.61 Å². The van der Waals surface area contributed by atoms with Crippen molar-refractivity contribution >= 4 is 11.8 Å². The first-order chi connectivity index (χ1) is 7.31. The van der Waals surface area contributed by atoms with E-state index in [2.05, 4.69) is 18.5 Å². The molecule has 2 atom stereocenters. The summed E-state index contributed by atoms with van der Waals surface area (Å²) in [6.07, 6.45) is 8.50. The number of thioether (sulfide) groups is 1. The Morgan fingerprint density at radius 1 is 1.40 bits per heavy atom. The zero-order valence-corrected chi connectivity index (χ0v) is 10.9. The van der Waals surface area contributed by atoms with Crippen LogP contribution in [0.1, 0.15) is 39.0 Å². The molecule has 0 heterocycles. The van der Waals surface area contributed by atoms with E-state index < -0.39 is 0 Å². The van der Waals surface area contributed by atoms with E-state index in [4.69, 9.17) is 0 Å². The Hall–Kier alpha value is 0.270. The molecule has 0 aromatic carbocycles. The molecule has 1 fully saturated rings. The molecule has 15 heavy (non-hydrogen) atoms. The average molecular weight is 231 g/mol. The van der Waals surface area contributed by atoms with Gasteiger partial charge in [0.25, 0.3) is 0 Å². The molecule has 0 amide bonds. The number of hydrogen-bond donors (Lipinski definition) is 2. The van der Waals surface area contributed by atoms with Gasteiger partial charge < -0.3 is 10.4 Å². The van der Waals surface area contributed by atoms with Crippen LogP contribution in [0.25, 0.3) is 0 Å². The predicted molar refractivity (Wildman–Crippen MR) is 68.4 cm³/mol. The van der Waals surface area contributed by atoms with Gasteiger partial charge in [-0.25, -0.2) is 0 Å². The van der Waals surface area contributed by atoms with Crippen molar-refractivity contribution < 1.29 is 5.11 Å². The molecule has 90 valence electrons. The third-order valence-electron chi connectivity index (χ3n) is 3.13. The van der Waals surface area contributed by atoms with E-state index in [-0.39, 0.29) is 6.61 Å². The Bertz CT molecular complexity index is 162. The Morgan fingerprint density at radius 2 is 2.13 bits per heavy atom. The fourth-order valence-electron chi connectivity index (χ4n) is 2.05. The van der Waals surface area contributed by atoms with Gasteiger partial charge in [-0.15, -0.1) is 0 Å². The lowest BCUT2D eigenvalue weighted by Crippen LogP contribution is -2.42. The molecule has 0 aromatic heterocycles. The first kappa shape index (κ1) is 13.3. The molecular formula is C12H25NOS. The molecular weight excluding hydrogens is 206 g/mol. The molecule has 2 nitrogen and oxygen atoms in total. The van der Waals surface area contributed by atoms with E-state index in [9.17, 15) is 5.11 Å². The van der Waals surface area contributed by atoms with Gasteiger partial charge in [-0.05, 0) is 43.6 Å². The fourth-order valence-corrected chi connectivity index (χ4v) is 2.58. The largest absolute Gasteiger partial charge is 0.395 e. The van der Waals surface area contributed by atoms with Crippen molar-refractivity contribution in [3.63, 3.8) is 0 Å². The number of rotatable bonds is 9. The van der Waals surface area contributed by atoms with Crippen LogP contribution < -0.4 is 5.32 Å². The lowest BCUT2D eigenvalue weighted by atomic mass is 10.1. The van der Waals surface area contributed by atoms with Crippen molar-refractivity contribution in [2.75, 3.05) is 18.6 Å². The van der Waals surface area contributed by atoms with Crippen molar-refractivity contribution in [2.45, 2.75) is 51.1 Å². The summed E-state index contributed by atoms with van der Waals surface area (Å²) in [5, 5.41) is 12.9. The van der Waals surface area contributed by atoms with Crippen LogP contribution in [0.2, 0.25) is 0 Å². The van der Waals surface area contributed by atoms with Crippen LogP contribution in [-0.2, 0) is 0 Å². The Labute approximate surface area is 98.2 Å². The highest BCUT2D eigenvalue weighted by atomic mass is 32.2. The van der Waals surface area contributed by atoms with Crippen molar-refractivity contribution in [3.8, 4) is 0 Å². The smallest absolute Gasteiger partial charge is 0.0585 e. The second-order valence-corrected chi connectivity index (χ2v) is 5.55. The number of hydrogen-bond acceptors (Lipinski definition) is 3. The van der Waals surface area contributed by atoms with Gasteiger partial charge in [0.15, 0.2) is 0 Å². The second-order valence-electron chi connectivity index (χ2n) is 4.56. The minimum atomic E-state index is 0.285. The Morgan fingerprint density at radius 3 is 2.60 bits per heavy atom. The van der Waals surface area contributed by atoms with Crippen LogP contribution in [-0.4, -0.2) is 35.8 Å². The summed E-state index contributed by atoms with van der Waals surface area (Å²) in [5.74, 6) is 2.04. The topological polar surface area (TPSA) is 32.3 Å². The summed E-state index contributed by atoms with van der Waals surface area (Å²) in [5.41, 5.74) is 0. The SMILES string of the molecule is CCCC(NC(CO)CCSC)C1CC1. The highest BCUT2D eigenvalue weighted by Gasteiger charge is 2.31. The molecule has 0 spiro atoms. The van der Waals surface area contributed by atoms with Gasteiger partial charge in [0, 0.05) is 12.1 Å². The van der Waals surface area contributed by atoms with Crippen molar-refractivity contribution in [2.24, 2.45) is 5.92 Å². The molecule has 0 aliphatic heterocycles. The minimum absolute atomic E-state index is 0.285. The van der Waals surface area contributed by atoms with Crippen LogP contribution >= 0.6 is 11.8 Å². The van der Waals surface area contributed by atoms with E-state index in [1.54, 1.807) is 0 Å². The van der Waals surface area contributed by atoms with E-state index in [0.717, 1.165) is 18.1 Å². The normalized spacial score (nSPS) is 20.2. The molecule has 0 radical (unpaired) electrons. The number of nitrogens with one attached hydrogen (secondary N) is 1. The summed E-state index contributed by atoms with van der Waals surface area (Å²) in [7, 11) is 0. The predicted octanol–water partition coefficient (Wildman–Crippen LogP) is 2.27. The molecule has 2 unspecified atom stereocenters. The quantitative estimate of drug-likeness (QED) is 0.638. The van der Waals surface area contributed by atoms with Crippen LogP contribution in [0.3, 0.4) is 0 Å². The average Bonchev–Trinajstić information content (AvgIpc) is 3.06. The summed E-state index contributed by atoms with van der Waals surface area (Å²) >= 11 is 1.86. The van der Waals surface area contributed by atoms with E-state index in [0.29, 0.717) is 12.1 Å². The van der Waals surface area contributed by atoms with Gasteiger partial charge in [-0.3, -0.25) is 0 Å². The van der Waals surface area contributed by atoms with Gasteiger partial charge in [-0.1, -0.05) is 13.3 Å². The first-order valence-electron chi connectivity index (χ1n) is 6.17. The highest BCUT2D eigenvalue weighted by molar-refractivity contribution is 7.98. The lowest BCUT2D eigenvalue weighted by Gasteiger charge is -2.24. The standard InChI is InChI=1S/C12H25NOS/c1-3-4-12(10-5-6-10)13-11(9-14)7-8-15-2/h10-14H,3-9H2,1-2H3. The summed E-state index contributed by atoms with van der Waals surface area (Å²) < 4.78 is 0. The molecule has 2 N–H and O–H groups in total. The third-order valence-corrected chi connectivity index (χ3v) is 3.78. The van der Waals surface area contributed by atoms with Crippen molar-refractivity contribution in [3.05, 3.63) is 0 Å². The molecule has 1 aliphatic carbocycles. The number of aliphatic hydroxyl groups excluding tert-OH is 1. The fraction of sp³-hybridized carbons (Fsp3) is 1.00. The van der Waals surface area contributed by atoms with Gasteiger partial charge >= 0.3 is 0 Å². The summed E-state index contributed by atoms with van der Waals surface area (Å²) in [6.45, 7) is 2.53. The van der Waals surface area contributed by atoms with Gasteiger partial charge in [0.1, 0.15) is 0 Å². The van der Waals surface area contributed by atoms with Crippen LogP contribution in [0.15, 0.2) is 0 Å². The van der Waals surface area contributed by atoms with E-state index in [1.807, 2.05) is 11.8 Å². The van der Waals surface area contributed by atoms with Gasteiger partial charge in [0.2, 0.25) is 0 Å². The molecule has 0 aromatic rings. The second kappa shape index (κ2) is 7.53. The number of aliphatic hydroxyl groups is 1. The molecule has 1 saturated carbocycles. The van der Waals surface area contributed by atoms with Gasteiger partial charge in [-0.2, -0.15) is 11.8 Å².